The first-order chi connectivity index (χ1) is 36.6. The van der Waals surface area contributed by atoms with Gasteiger partial charge in [-0.05, 0) is 110 Å². The van der Waals surface area contributed by atoms with Crippen molar-refractivity contribution >= 4 is 21.9 Å². The van der Waals surface area contributed by atoms with Crippen molar-refractivity contribution in [3.8, 4) is 78.3 Å². The normalized spacial score (nSPS) is 11.8. The number of rotatable bonds is 13. The zero-order valence-corrected chi connectivity index (χ0v) is 40.3. The minimum absolute atomic E-state index is 0.236. The van der Waals surface area contributed by atoms with E-state index in [9.17, 15) is 0 Å². The van der Waals surface area contributed by atoms with E-state index in [1.165, 1.54) is 12.1 Å². The van der Waals surface area contributed by atoms with Crippen molar-refractivity contribution in [2.24, 2.45) is 0 Å². The maximum absolute atomic E-state index is 17.1. The molecule has 12 aromatic rings. The highest BCUT2D eigenvalue weighted by atomic mass is 19.3. The molecule has 0 radical (unpaired) electrons. The molecular formula is C67H45F4N3O. The lowest BCUT2D eigenvalue weighted by molar-refractivity contribution is -0.0105. The number of nitrogens with zero attached hydrogens (tertiary/aromatic N) is 3. The number of furan rings is 1. The van der Waals surface area contributed by atoms with Gasteiger partial charge in [-0.3, -0.25) is 15.0 Å². The lowest BCUT2D eigenvalue weighted by atomic mass is 9.85. The van der Waals surface area contributed by atoms with E-state index in [-0.39, 0.29) is 5.56 Å². The van der Waals surface area contributed by atoms with Crippen LogP contribution in [0.2, 0.25) is 0 Å². The summed E-state index contributed by atoms with van der Waals surface area (Å²) in [5.41, 5.74) is 11.7. The second-order valence-electron chi connectivity index (χ2n) is 18.8. The van der Waals surface area contributed by atoms with Crippen molar-refractivity contribution in [3.63, 3.8) is 0 Å². The van der Waals surface area contributed by atoms with Crippen molar-refractivity contribution in [1.82, 2.24) is 15.0 Å². The smallest absolute Gasteiger partial charge is 0.277 e. The highest BCUT2D eigenvalue weighted by Crippen LogP contribution is 2.45. The number of halogens is 4. The standard InChI is InChI=1S/C67H45F4N3O/c68-66(69,41-44-20-24-49(25-21-44)61-17-8-10-34-72-61)53-36-52(37-54(39-53)67(70,71)42-45-22-26-50(27-23-45)62-18-9-11-35-73-62)55-14-4-5-15-56(55)57-33-32-51(63-40-65-60(43-74-63)58-16-6-7-19-64(58)75-65)38-59(57)48-30-28-47(29-31-48)46-12-2-1-3-13-46/h1-40,43H,41-42H2. The van der Waals surface area contributed by atoms with Gasteiger partial charge in [0.05, 0.1) is 17.1 Å². The van der Waals surface area contributed by atoms with Crippen molar-refractivity contribution in [2.75, 3.05) is 0 Å². The average molecular weight is 984 g/mol. The molecule has 4 nitrogen and oxygen atoms in total. The molecule has 362 valence electrons. The molecular weight excluding hydrogens is 939 g/mol. The number of aromatic nitrogens is 3. The van der Waals surface area contributed by atoms with Crippen molar-refractivity contribution < 1.29 is 22.0 Å². The predicted octanol–water partition coefficient (Wildman–Crippen LogP) is 18.1. The first-order valence-electron chi connectivity index (χ1n) is 24.7. The van der Waals surface area contributed by atoms with Gasteiger partial charge in [0.1, 0.15) is 11.2 Å². The first kappa shape index (κ1) is 46.8. The minimum atomic E-state index is -3.55. The Bertz CT molecular complexity index is 3860. The van der Waals surface area contributed by atoms with Crippen LogP contribution in [0.1, 0.15) is 22.3 Å². The summed E-state index contributed by atoms with van der Waals surface area (Å²) >= 11 is 0. The van der Waals surface area contributed by atoms with Crippen LogP contribution < -0.4 is 0 Å². The molecule has 0 aliphatic carbocycles. The molecule has 0 spiro atoms. The summed E-state index contributed by atoms with van der Waals surface area (Å²) in [7, 11) is 0. The van der Waals surface area contributed by atoms with Crippen LogP contribution >= 0.6 is 0 Å². The van der Waals surface area contributed by atoms with Crippen LogP contribution in [0.5, 0.6) is 0 Å². The molecule has 0 atom stereocenters. The van der Waals surface area contributed by atoms with E-state index in [1.54, 1.807) is 60.9 Å². The fourth-order valence-electron chi connectivity index (χ4n) is 9.97. The van der Waals surface area contributed by atoms with E-state index in [1.807, 2.05) is 128 Å². The van der Waals surface area contributed by atoms with Crippen LogP contribution in [-0.2, 0) is 24.7 Å². The third-order valence-corrected chi connectivity index (χ3v) is 13.9. The van der Waals surface area contributed by atoms with Crippen LogP contribution in [0.25, 0.3) is 100 Å². The number of hydrogen-bond acceptors (Lipinski definition) is 4. The molecule has 0 unspecified atom stereocenters. The Morgan fingerprint density at radius 2 is 0.827 bits per heavy atom. The van der Waals surface area contributed by atoms with Crippen LogP contribution in [0.4, 0.5) is 17.6 Å². The van der Waals surface area contributed by atoms with E-state index in [0.29, 0.717) is 44.9 Å². The van der Waals surface area contributed by atoms with E-state index in [2.05, 4.69) is 52.4 Å². The lowest BCUT2D eigenvalue weighted by Crippen LogP contribution is -2.21. The number of hydrogen-bond donors (Lipinski definition) is 0. The molecule has 0 fully saturated rings. The van der Waals surface area contributed by atoms with Gasteiger partial charge in [0.25, 0.3) is 11.8 Å². The summed E-state index contributed by atoms with van der Waals surface area (Å²) in [4.78, 5) is 13.7. The Kier molecular flexibility index (Phi) is 12.2. The third-order valence-electron chi connectivity index (χ3n) is 13.9. The van der Waals surface area contributed by atoms with Gasteiger partial charge in [-0.15, -0.1) is 0 Å². The van der Waals surface area contributed by atoms with Gasteiger partial charge >= 0.3 is 0 Å². The van der Waals surface area contributed by atoms with Crippen LogP contribution in [0, 0.1) is 0 Å². The predicted molar refractivity (Wildman–Crippen MR) is 293 cm³/mol. The number of pyridine rings is 3. The minimum Gasteiger partial charge on any atom is -0.456 e. The number of para-hydroxylation sites is 1. The Labute approximate surface area is 431 Å². The Morgan fingerprint density at radius 1 is 0.320 bits per heavy atom. The summed E-state index contributed by atoms with van der Waals surface area (Å²) in [5.74, 6) is -7.10. The average Bonchev–Trinajstić information content (AvgIpc) is 3.86. The Morgan fingerprint density at radius 3 is 1.44 bits per heavy atom. The van der Waals surface area contributed by atoms with Gasteiger partial charge in [0, 0.05) is 76.1 Å². The summed E-state index contributed by atoms with van der Waals surface area (Å²) in [5, 5.41) is 1.89. The Balaban J connectivity index is 0.973. The van der Waals surface area contributed by atoms with Gasteiger partial charge in [0.2, 0.25) is 0 Å². The number of alkyl halides is 4. The van der Waals surface area contributed by atoms with Gasteiger partial charge in [-0.1, -0.05) is 170 Å². The van der Waals surface area contributed by atoms with Crippen molar-refractivity contribution in [1.29, 1.82) is 0 Å². The monoisotopic (exact) mass is 983 g/mol. The summed E-state index contributed by atoms with van der Waals surface area (Å²) < 4.78 is 74.7. The molecule has 8 aromatic carbocycles. The van der Waals surface area contributed by atoms with E-state index in [0.717, 1.165) is 66.9 Å². The Hall–Kier alpha value is -9.27. The van der Waals surface area contributed by atoms with Crippen molar-refractivity contribution in [2.45, 2.75) is 24.7 Å². The van der Waals surface area contributed by atoms with E-state index in [4.69, 9.17) is 9.40 Å². The van der Waals surface area contributed by atoms with Crippen LogP contribution in [-0.4, -0.2) is 15.0 Å². The number of fused-ring (bicyclic) bond motifs is 3. The highest BCUT2D eigenvalue weighted by molar-refractivity contribution is 6.05. The zero-order valence-electron chi connectivity index (χ0n) is 40.3. The highest BCUT2D eigenvalue weighted by Gasteiger charge is 2.38. The molecule has 75 heavy (non-hydrogen) atoms. The molecule has 0 saturated carbocycles. The first-order valence-corrected chi connectivity index (χ1v) is 24.7. The largest absolute Gasteiger partial charge is 0.456 e. The molecule has 8 heteroatoms. The second-order valence-corrected chi connectivity index (χ2v) is 18.8. The van der Waals surface area contributed by atoms with Gasteiger partial charge in [-0.2, -0.15) is 0 Å². The maximum Gasteiger partial charge on any atom is 0.277 e. The molecule has 0 amide bonds. The topological polar surface area (TPSA) is 51.8 Å². The molecule has 4 heterocycles. The van der Waals surface area contributed by atoms with Crippen LogP contribution in [0.15, 0.2) is 254 Å². The molecule has 0 N–H and O–H groups in total. The molecule has 0 aliphatic heterocycles. The third kappa shape index (κ3) is 9.62. The molecule has 12 rings (SSSR count). The summed E-state index contributed by atoms with van der Waals surface area (Å²) in [6.45, 7) is 0. The van der Waals surface area contributed by atoms with Gasteiger partial charge in [0.15, 0.2) is 0 Å². The fourth-order valence-corrected chi connectivity index (χ4v) is 9.97. The molecule has 4 aromatic heterocycles. The fraction of sp³-hybridized carbons (Fsp3) is 0.0597. The summed E-state index contributed by atoms with van der Waals surface area (Å²) in [6.07, 6.45) is 3.76. The molecule has 0 aliphatic rings. The van der Waals surface area contributed by atoms with E-state index >= 15 is 17.6 Å². The lowest BCUT2D eigenvalue weighted by Gasteiger charge is -2.24. The number of benzene rings is 8. The maximum atomic E-state index is 17.1. The van der Waals surface area contributed by atoms with Gasteiger partial charge in [-0.25, -0.2) is 17.6 Å². The van der Waals surface area contributed by atoms with E-state index < -0.39 is 35.8 Å². The second kappa shape index (κ2) is 19.6. The van der Waals surface area contributed by atoms with Crippen molar-refractivity contribution in [3.05, 3.63) is 271 Å². The van der Waals surface area contributed by atoms with Gasteiger partial charge < -0.3 is 4.42 Å². The summed E-state index contributed by atoms with van der Waals surface area (Å²) in [6, 6.07) is 70.0. The SMILES string of the molecule is FC(F)(Cc1ccc(-c2ccccn2)cc1)c1cc(-c2ccccc2-c2ccc(-c3cc4oc5ccccc5c4cn3)cc2-c2ccc(-c3ccccc3)cc2)cc(C(F)(F)Cc2ccc(-c3ccccn3)cc2)c1. The quantitative estimate of drug-likeness (QED) is 0.108. The van der Waals surface area contributed by atoms with Crippen LogP contribution in [0.3, 0.4) is 0 Å². The molecule has 0 bridgehead atoms. The molecule has 0 saturated heterocycles. The zero-order chi connectivity index (χ0) is 50.9.